The third-order valence-corrected chi connectivity index (χ3v) is 3.18. The molecule has 3 rings (SSSR count). The summed E-state index contributed by atoms with van der Waals surface area (Å²) in [4.78, 5) is 11.9. The molecule has 0 aliphatic carbocycles. The Morgan fingerprint density at radius 2 is 2.10 bits per heavy atom. The van der Waals surface area contributed by atoms with E-state index in [-0.39, 0.29) is 12.1 Å². The summed E-state index contributed by atoms with van der Waals surface area (Å²) in [6.07, 6.45) is 0. The van der Waals surface area contributed by atoms with Crippen LogP contribution in [0.5, 0.6) is 0 Å². The number of benzene rings is 2. The molecule has 0 aliphatic rings. The maximum atomic E-state index is 13.3. The lowest BCUT2D eigenvalue weighted by atomic mass is 10.1. The normalized spacial score (nSPS) is 10.7. The van der Waals surface area contributed by atoms with Gasteiger partial charge in [-0.05, 0) is 35.9 Å². The molecule has 0 saturated carbocycles. The van der Waals surface area contributed by atoms with Gasteiger partial charge in [-0.15, -0.1) is 0 Å². The van der Waals surface area contributed by atoms with Crippen LogP contribution in [0.4, 0.5) is 10.1 Å². The Balaban J connectivity index is 2.10. The minimum Gasteiger partial charge on any atom is -0.408 e. The molecule has 3 aromatic rings. The van der Waals surface area contributed by atoms with Gasteiger partial charge < -0.3 is 10.2 Å². The van der Waals surface area contributed by atoms with Crippen molar-refractivity contribution in [1.29, 1.82) is 5.26 Å². The number of nitrogen functional groups attached to an aromatic ring is 1. The lowest BCUT2D eigenvalue weighted by Gasteiger charge is -2.04. The van der Waals surface area contributed by atoms with Crippen molar-refractivity contribution < 1.29 is 8.81 Å². The van der Waals surface area contributed by atoms with E-state index in [0.29, 0.717) is 22.4 Å². The van der Waals surface area contributed by atoms with Crippen molar-refractivity contribution in [2.75, 3.05) is 5.73 Å². The predicted molar refractivity (Wildman–Crippen MR) is 75.1 cm³/mol. The molecule has 0 saturated heterocycles. The molecule has 6 heteroatoms. The Kier molecular flexibility index (Phi) is 2.95. The van der Waals surface area contributed by atoms with Gasteiger partial charge in [0.1, 0.15) is 11.9 Å². The molecule has 2 aromatic carbocycles. The number of aromatic nitrogens is 1. The first-order valence-electron chi connectivity index (χ1n) is 6.16. The highest BCUT2D eigenvalue weighted by atomic mass is 19.1. The molecule has 0 atom stereocenters. The van der Waals surface area contributed by atoms with Crippen LogP contribution in [0.1, 0.15) is 11.1 Å². The van der Waals surface area contributed by atoms with Crippen LogP contribution in [0, 0.1) is 17.1 Å². The number of nitrogens with two attached hydrogens (primary N) is 1. The van der Waals surface area contributed by atoms with E-state index >= 15 is 0 Å². The summed E-state index contributed by atoms with van der Waals surface area (Å²) in [5.41, 5.74) is 7.77. The van der Waals surface area contributed by atoms with Crippen LogP contribution < -0.4 is 11.5 Å². The van der Waals surface area contributed by atoms with Gasteiger partial charge in [0.15, 0.2) is 5.58 Å². The number of hydrogen-bond donors (Lipinski definition) is 1. The molecule has 0 spiro atoms. The number of hydrogen-bond acceptors (Lipinski definition) is 4. The second-order valence-corrected chi connectivity index (χ2v) is 4.61. The van der Waals surface area contributed by atoms with Gasteiger partial charge >= 0.3 is 5.76 Å². The minimum absolute atomic E-state index is 0.0622. The Bertz CT molecular complexity index is 934. The minimum atomic E-state index is -0.588. The number of oxazole rings is 1. The quantitative estimate of drug-likeness (QED) is 0.731. The Hall–Kier alpha value is -3.07. The molecule has 104 valence electrons. The van der Waals surface area contributed by atoms with Crippen molar-refractivity contribution in [2.45, 2.75) is 6.54 Å². The number of fused-ring (bicyclic) bond motifs is 1. The van der Waals surface area contributed by atoms with E-state index in [1.807, 2.05) is 0 Å². The van der Waals surface area contributed by atoms with Crippen molar-refractivity contribution in [2.24, 2.45) is 0 Å². The standard InChI is InChI=1S/C15H10FN3O2/c16-12-3-1-9(5-10(12)7-17)8-19-13-6-11(18)2-4-14(13)21-15(19)20/h1-6H,8,18H2. The topological polar surface area (TPSA) is 85.0 Å². The van der Waals surface area contributed by atoms with Crippen molar-refractivity contribution in [3.05, 3.63) is 63.9 Å². The molecule has 0 amide bonds. The summed E-state index contributed by atoms with van der Waals surface area (Å²) < 4.78 is 19.8. The van der Waals surface area contributed by atoms with E-state index in [2.05, 4.69) is 0 Å². The maximum Gasteiger partial charge on any atom is 0.420 e. The van der Waals surface area contributed by atoms with Crippen molar-refractivity contribution in [1.82, 2.24) is 4.57 Å². The molecule has 0 aliphatic heterocycles. The first-order valence-corrected chi connectivity index (χ1v) is 6.16. The molecule has 0 fully saturated rings. The Morgan fingerprint density at radius 1 is 1.29 bits per heavy atom. The monoisotopic (exact) mass is 283 g/mol. The summed E-state index contributed by atoms with van der Waals surface area (Å²) in [5.74, 6) is -1.12. The number of nitriles is 1. The van der Waals surface area contributed by atoms with Gasteiger partial charge in [0.05, 0.1) is 17.6 Å². The van der Waals surface area contributed by atoms with Crippen LogP contribution in [0.2, 0.25) is 0 Å². The fourth-order valence-electron chi connectivity index (χ4n) is 2.17. The maximum absolute atomic E-state index is 13.3. The van der Waals surface area contributed by atoms with E-state index in [0.717, 1.165) is 0 Å². The first-order chi connectivity index (χ1) is 10.1. The van der Waals surface area contributed by atoms with E-state index in [1.165, 1.54) is 22.8 Å². The lowest BCUT2D eigenvalue weighted by Crippen LogP contribution is -2.15. The molecule has 5 nitrogen and oxygen atoms in total. The molecular formula is C15H10FN3O2. The van der Waals surface area contributed by atoms with E-state index in [4.69, 9.17) is 15.4 Å². The van der Waals surface area contributed by atoms with Crippen LogP contribution >= 0.6 is 0 Å². The van der Waals surface area contributed by atoms with E-state index in [1.54, 1.807) is 24.3 Å². The van der Waals surface area contributed by atoms with E-state index in [9.17, 15) is 9.18 Å². The first kappa shape index (κ1) is 12.9. The second kappa shape index (κ2) is 4.80. The molecule has 21 heavy (non-hydrogen) atoms. The average molecular weight is 283 g/mol. The summed E-state index contributed by atoms with van der Waals surface area (Å²) in [7, 11) is 0. The average Bonchev–Trinajstić information content (AvgIpc) is 2.77. The fraction of sp³-hybridized carbons (Fsp3) is 0.0667. The molecule has 0 unspecified atom stereocenters. The van der Waals surface area contributed by atoms with Crippen molar-refractivity contribution in [3.8, 4) is 6.07 Å². The second-order valence-electron chi connectivity index (χ2n) is 4.61. The molecular weight excluding hydrogens is 273 g/mol. The largest absolute Gasteiger partial charge is 0.420 e. The summed E-state index contributed by atoms with van der Waals surface area (Å²) in [5, 5.41) is 8.84. The SMILES string of the molecule is N#Cc1cc(Cn2c(=O)oc3ccc(N)cc32)ccc1F. The smallest absolute Gasteiger partial charge is 0.408 e. The van der Waals surface area contributed by atoms with E-state index < -0.39 is 11.6 Å². The summed E-state index contributed by atoms with van der Waals surface area (Å²) >= 11 is 0. The molecule has 1 aromatic heterocycles. The third kappa shape index (κ3) is 2.25. The number of halogens is 1. The highest BCUT2D eigenvalue weighted by molar-refractivity contribution is 5.77. The molecule has 0 bridgehead atoms. The van der Waals surface area contributed by atoms with Gasteiger partial charge in [0.25, 0.3) is 0 Å². The van der Waals surface area contributed by atoms with Gasteiger partial charge in [-0.25, -0.2) is 9.18 Å². The lowest BCUT2D eigenvalue weighted by molar-refractivity contribution is 0.517. The van der Waals surface area contributed by atoms with Crippen LogP contribution in [-0.2, 0) is 6.54 Å². The van der Waals surface area contributed by atoms with Gasteiger partial charge in [-0.1, -0.05) is 6.07 Å². The van der Waals surface area contributed by atoms with Crippen LogP contribution in [-0.4, -0.2) is 4.57 Å². The summed E-state index contributed by atoms with van der Waals surface area (Å²) in [6, 6.07) is 10.8. The van der Waals surface area contributed by atoms with Crippen molar-refractivity contribution in [3.63, 3.8) is 0 Å². The zero-order chi connectivity index (χ0) is 15.0. The third-order valence-electron chi connectivity index (χ3n) is 3.18. The van der Waals surface area contributed by atoms with Gasteiger partial charge in [-0.3, -0.25) is 4.57 Å². The Labute approximate surface area is 118 Å². The zero-order valence-corrected chi connectivity index (χ0v) is 10.8. The predicted octanol–water partition coefficient (Wildman–Crippen LogP) is 2.24. The molecule has 0 radical (unpaired) electrons. The summed E-state index contributed by atoms with van der Waals surface area (Å²) in [6.45, 7) is 0.171. The molecule has 1 heterocycles. The number of anilines is 1. The highest BCUT2D eigenvalue weighted by Gasteiger charge is 2.11. The van der Waals surface area contributed by atoms with Gasteiger partial charge in [0.2, 0.25) is 0 Å². The Morgan fingerprint density at radius 3 is 2.86 bits per heavy atom. The van der Waals surface area contributed by atoms with Crippen LogP contribution in [0.3, 0.4) is 0 Å². The van der Waals surface area contributed by atoms with Crippen LogP contribution in [0.25, 0.3) is 11.1 Å². The molecule has 2 N–H and O–H groups in total. The van der Waals surface area contributed by atoms with Crippen LogP contribution in [0.15, 0.2) is 45.6 Å². The number of rotatable bonds is 2. The van der Waals surface area contributed by atoms with Gasteiger partial charge in [-0.2, -0.15) is 5.26 Å². The van der Waals surface area contributed by atoms with Crippen molar-refractivity contribution >= 4 is 16.8 Å². The number of nitrogens with zero attached hydrogens (tertiary/aromatic N) is 2. The fourth-order valence-corrected chi connectivity index (χ4v) is 2.17. The highest BCUT2D eigenvalue weighted by Crippen LogP contribution is 2.18. The van der Waals surface area contributed by atoms with Gasteiger partial charge in [0, 0.05) is 5.69 Å². The zero-order valence-electron chi connectivity index (χ0n) is 10.8.